The summed E-state index contributed by atoms with van der Waals surface area (Å²) < 4.78 is 0. The highest BCUT2D eigenvalue weighted by molar-refractivity contribution is 6.02. The Morgan fingerprint density at radius 2 is 1.74 bits per heavy atom. The van der Waals surface area contributed by atoms with E-state index in [9.17, 15) is 0 Å². The van der Waals surface area contributed by atoms with Crippen LogP contribution in [0.1, 0.15) is 17.5 Å². The van der Waals surface area contributed by atoms with Gasteiger partial charge in [-0.1, -0.05) is 30.3 Å². The Hall–Kier alpha value is -2.60. The van der Waals surface area contributed by atoms with Gasteiger partial charge in [-0.3, -0.25) is 5.01 Å². The molecule has 3 rings (SSSR count). The number of nitriles is 1. The summed E-state index contributed by atoms with van der Waals surface area (Å²) in [7, 11) is 0. The second-order valence-corrected chi connectivity index (χ2v) is 4.44. The van der Waals surface area contributed by atoms with Crippen LogP contribution in [0.5, 0.6) is 0 Å². The SMILES string of the molecule is N#Cc1ccc(C2=NN(c3ccccc3)CC2)cc1. The van der Waals surface area contributed by atoms with Crippen molar-refractivity contribution in [2.24, 2.45) is 5.10 Å². The average molecular weight is 247 g/mol. The zero-order chi connectivity index (χ0) is 13.1. The molecule has 2 aromatic carbocycles. The van der Waals surface area contributed by atoms with E-state index in [1.165, 1.54) is 0 Å². The normalized spacial score (nSPS) is 14.1. The molecular formula is C16H13N3. The number of hydrogen-bond acceptors (Lipinski definition) is 3. The third-order valence-electron chi connectivity index (χ3n) is 3.20. The Morgan fingerprint density at radius 3 is 2.42 bits per heavy atom. The fraction of sp³-hybridized carbons (Fsp3) is 0.125. The molecule has 0 N–H and O–H groups in total. The van der Waals surface area contributed by atoms with Crippen LogP contribution >= 0.6 is 0 Å². The minimum atomic E-state index is 0.683. The van der Waals surface area contributed by atoms with E-state index in [0.29, 0.717) is 5.56 Å². The van der Waals surface area contributed by atoms with Crippen LogP contribution in [0.2, 0.25) is 0 Å². The lowest BCUT2D eigenvalue weighted by atomic mass is 10.1. The van der Waals surface area contributed by atoms with Gasteiger partial charge in [-0.2, -0.15) is 10.4 Å². The molecule has 0 aromatic heterocycles. The van der Waals surface area contributed by atoms with Gasteiger partial charge in [-0.05, 0) is 29.8 Å². The average Bonchev–Trinajstić information content (AvgIpc) is 2.98. The number of anilines is 1. The molecule has 0 fully saturated rings. The highest BCUT2D eigenvalue weighted by Gasteiger charge is 2.16. The number of benzene rings is 2. The molecule has 1 aliphatic heterocycles. The molecule has 0 saturated carbocycles. The van der Waals surface area contributed by atoms with Gasteiger partial charge in [-0.15, -0.1) is 0 Å². The van der Waals surface area contributed by atoms with Gasteiger partial charge in [0.25, 0.3) is 0 Å². The summed E-state index contributed by atoms with van der Waals surface area (Å²) in [6.07, 6.45) is 0.931. The van der Waals surface area contributed by atoms with Gasteiger partial charge < -0.3 is 0 Å². The van der Waals surface area contributed by atoms with Crippen molar-refractivity contribution in [2.45, 2.75) is 6.42 Å². The summed E-state index contributed by atoms with van der Waals surface area (Å²) in [5.74, 6) is 0. The minimum absolute atomic E-state index is 0.683. The Labute approximate surface area is 112 Å². The smallest absolute Gasteiger partial charge is 0.0991 e. The minimum Gasteiger partial charge on any atom is -0.265 e. The highest BCUT2D eigenvalue weighted by atomic mass is 15.5. The summed E-state index contributed by atoms with van der Waals surface area (Å²) in [5, 5.41) is 15.5. The quantitative estimate of drug-likeness (QED) is 0.817. The molecule has 0 radical (unpaired) electrons. The molecule has 92 valence electrons. The van der Waals surface area contributed by atoms with Crippen LogP contribution in [0.25, 0.3) is 0 Å². The lowest BCUT2D eigenvalue weighted by Crippen LogP contribution is -2.11. The van der Waals surface area contributed by atoms with Crippen LogP contribution in [0.3, 0.4) is 0 Å². The molecule has 19 heavy (non-hydrogen) atoms. The van der Waals surface area contributed by atoms with Gasteiger partial charge in [0.05, 0.1) is 23.0 Å². The maximum atomic E-state index is 8.80. The maximum Gasteiger partial charge on any atom is 0.0991 e. The first-order valence-electron chi connectivity index (χ1n) is 6.27. The number of hydrogen-bond donors (Lipinski definition) is 0. The molecule has 1 aliphatic rings. The fourth-order valence-corrected chi connectivity index (χ4v) is 2.18. The molecule has 0 saturated heterocycles. The molecule has 0 amide bonds. The number of rotatable bonds is 2. The first kappa shape index (κ1) is 11.5. The summed E-state index contributed by atoms with van der Waals surface area (Å²) in [5.41, 5.74) is 3.97. The van der Waals surface area contributed by atoms with Crippen molar-refractivity contribution in [1.29, 1.82) is 5.26 Å². The number of nitrogens with zero attached hydrogens (tertiary/aromatic N) is 3. The molecule has 3 heteroatoms. The Morgan fingerprint density at radius 1 is 1.00 bits per heavy atom. The van der Waals surface area contributed by atoms with Crippen LogP contribution in [-0.4, -0.2) is 12.3 Å². The van der Waals surface area contributed by atoms with E-state index in [1.807, 2.05) is 47.5 Å². The van der Waals surface area contributed by atoms with Gasteiger partial charge >= 0.3 is 0 Å². The van der Waals surface area contributed by atoms with Gasteiger partial charge in [0.1, 0.15) is 0 Å². The van der Waals surface area contributed by atoms with Crippen molar-refractivity contribution in [3.63, 3.8) is 0 Å². The van der Waals surface area contributed by atoms with E-state index in [0.717, 1.165) is 29.9 Å². The van der Waals surface area contributed by atoms with Gasteiger partial charge in [0.2, 0.25) is 0 Å². The molecule has 0 aliphatic carbocycles. The largest absolute Gasteiger partial charge is 0.265 e. The van der Waals surface area contributed by atoms with Crippen LogP contribution < -0.4 is 5.01 Å². The predicted octanol–water partition coefficient (Wildman–Crippen LogP) is 3.17. The van der Waals surface area contributed by atoms with Crippen molar-refractivity contribution < 1.29 is 0 Å². The van der Waals surface area contributed by atoms with Gasteiger partial charge in [0, 0.05) is 13.0 Å². The number of para-hydroxylation sites is 1. The van der Waals surface area contributed by atoms with E-state index in [2.05, 4.69) is 23.3 Å². The molecule has 0 unspecified atom stereocenters. The van der Waals surface area contributed by atoms with Crippen molar-refractivity contribution in [3.05, 3.63) is 65.7 Å². The van der Waals surface area contributed by atoms with Crippen LogP contribution in [0.4, 0.5) is 5.69 Å². The topological polar surface area (TPSA) is 39.4 Å². The van der Waals surface area contributed by atoms with Crippen LogP contribution in [0.15, 0.2) is 59.7 Å². The van der Waals surface area contributed by atoms with Gasteiger partial charge in [0.15, 0.2) is 0 Å². The molecule has 2 aromatic rings. The fourth-order valence-electron chi connectivity index (χ4n) is 2.18. The highest BCUT2D eigenvalue weighted by Crippen LogP contribution is 2.21. The number of hydrazone groups is 1. The first-order valence-corrected chi connectivity index (χ1v) is 6.27. The Bertz CT molecular complexity index is 636. The van der Waals surface area contributed by atoms with Crippen molar-refractivity contribution >= 4 is 11.4 Å². The zero-order valence-corrected chi connectivity index (χ0v) is 10.5. The second-order valence-electron chi connectivity index (χ2n) is 4.44. The van der Waals surface area contributed by atoms with E-state index < -0.39 is 0 Å². The zero-order valence-electron chi connectivity index (χ0n) is 10.5. The van der Waals surface area contributed by atoms with Crippen molar-refractivity contribution in [1.82, 2.24) is 0 Å². The standard InChI is InChI=1S/C16H13N3/c17-12-13-6-8-14(9-7-13)16-10-11-19(18-16)15-4-2-1-3-5-15/h1-9H,10-11H2. The monoisotopic (exact) mass is 247 g/mol. The van der Waals surface area contributed by atoms with Crippen LogP contribution in [-0.2, 0) is 0 Å². The molecular weight excluding hydrogens is 234 g/mol. The summed E-state index contributed by atoms with van der Waals surface area (Å²) in [6.45, 7) is 0.902. The van der Waals surface area contributed by atoms with Crippen molar-refractivity contribution in [3.8, 4) is 6.07 Å². The van der Waals surface area contributed by atoms with Crippen LogP contribution in [0, 0.1) is 11.3 Å². The van der Waals surface area contributed by atoms with Crippen molar-refractivity contribution in [2.75, 3.05) is 11.6 Å². The molecule has 0 bridgehead atoms. The van der Waals surface area contributed by atoms with E-state index in [1.54, 1.807) is 0 Å². The lowest BCUT2D eigenvalue weighted by molar-refractivity contribution is 0.922. The molecule has 0 atom stereocenters. The third kappa shape index (κ3) is 2.34. The Kier molecular flexibility index (Phi) is 2.99. The van der Waals surface area contributed by atoms with E-state index >= 15 is 0 Å². The Balaban J connectivity index is 1.85. The second kappa shape index (κ2) is 4.95. The lowest BCUT2D eigenvalue weighted by Gasteiger charge is -2.12. The third-order valence-corrected chi connectivity index (χ3v) is 3.20. The summed E-state index contributed by atoms with van der Waals surface area (Å²) >= 11 is 0. The molecule has 1 heterocycles. The van der Waals surface area contributed by atoms with E-state index in [4.69, 9.17) is 5.26 Å². The summed E-state index contributed by atoms with van der Waals surface area (Å²) in [4.78, 5) is 0. The summed E-state index contributed by atoms with van der Waals surface area (Å²) in [6, 6.07) is 19.9. The maximum absolute atomic E-state index is 8.80. The predicted molar refractivity (Wildman–Crippen MR) is 76.1 cm³/mol. The molecule has 3 nitrogen and oxygen atoms in total. The molecule has 0 spiro atoms. The first-order chi connectivity index (χ1) is 9.36. The van der Waals surface area contributed by atoms with E-state index in [-0.39, 0.29) is 0 Å². The van der Waals surface area contributed by atoms with Gasteiger partial charge in [-0.25, -0.2) is 0 Å².